The predicted octanol–water partition coefficient (Wildman–Crippen LogP) is 2.28. The lowest BCUT2D eigenvalue weighted by atomic mass is 10.0. The van der Waals surface area contributed by atoms with Crippen molar-refractivity contribution in [3.8, 4) is 0 Å². The van der Waals surface area contributed by atoms with Crippen LogP contribution in [0.25, 0.3) is 0 Å². The van der Waals surface area contributed by atoms with Crippen molar-refractivity contribution in [3.05, 3.63) is 35.4 Å². The second-order valence-corrected chi connectivity index (χ2v) is 4.78. The SMILES string of the molecule is COC(=O)[C@@H](CC(C)C)NC(=O)c1cccc(F)c1F. The summed E-state index contributed by atoms with van der Waals surface area (Å²) < 4.78 is 31.1. The number of carbonyl (C=O) groups is 2. The number of hydrogen-bond donors (Lipinski definition) is 1. The number of nitrogens with one attached hydrogen (secondary N) is 1. The lowest BCUT2D eigenvalue weighted by Gasteiger charge is -2.18. The van der Waals surface area contributed by atoms with E-state index in [0.29, 0.717) is 6.42 Å². The lowest BCUT2D eigenvalue weighted by Crippen LogP contribution is -2.42. The monoisotopic (exact) mass is 285 g/mol. The molecule has 0 aromatic heterocycles. The number of benzene rings is 1. The van der Waals surface area contributed by atoms with E-state index < -0.39 is 35.1 Å². The maximum Gasteiger partial charge on any atom is 0.328 e. The summed E-state index contributed by atoms with van der Waals surface area (Å²) in [5.41, 5.74) is -0.442. The van der Waals surface area contributed by atoms with Gasteiger partial charge in [0.1, 0.15) is 6.04 Å². The normalized spacial score (nSPS) is 12.1. The van der Waals surface area contributed by atoms with Gasteiger partial charge in [-0.1, -0.05) is 19.9 Å². The van der Waals surface area contributed by atoms with Crippen LogP contribution < -0.4 is 5.32 Å². The van der Waals surface area contributed by atoms with Crippen LogP contribution in [0.2, 0.25) is 0 Å². The van der Waals surface area contributed by atoms with E-state index in [2.05, 4.69) is 10.1 Å². The molecule has 0 aliphatic carbocycles. The van der Waals surface area contributed by atoms with E-state index in [0.717, 1.165) is 12.1 Å². The van der Waals surface area contributed by atoms with Crippen LogP contribution in [0.3, 0.4) is 0 Å². The molecule has 0 spiro atoms. The van der Waals surface area contributed by atoms with Crippen molar-refractivity contribution in [1.82, 2.24) is 5.32 Å². The fourth-order valence-corrected chi connectivity index (χ4v) is 1.74. The molecule has 0 bridgehead atoms. The minimum atomic E-state index is -1.24. The van der Waals surface area contributed by atoms with E-state index in [1.54, 1.807) is 0 Å². The van der Waals surface area contributed by atoms with Crippen LogP contribution in [0.15, 0.2) is 18.2 Å². The first-order valence-electron chi connectivity index (χ1n) is 6.19. The summed E-state index contributed by atoms with van der Waals surface area (Å²) in [7, 11) is 1.20. The summed E-state index contributed by atoms with van der Waals surface area (Å²) in [6.07, 6.45) is 0.343. The highest BCUT2D eigenvalue weighted by molar-refractivity contribution is 5.97. The van der Waals surface area contributed by atoms with E-state index in [1.165, 1.54) is 13.2 Å². The standard InChI is InChI=1S/C14H17F2NO3/c1-8(2)7-11(14(19)20-3)17-13(18)9-5-4-6-10(15)12(9)16/h4-6,8,11H,7H2,1-3H3,(H,17,18)/t11-/m1/s1. The summed E-state index contributed by atoms with van der Waals surface area (Å²) in [6.45, 7) is 3.73. The third-order valence-electron chi connectivity index (χ3n) is 2.69. The predicted molar refractivity (Wildman–Crippen MR) is 69.1 cm³/mol. The molecular weight excluding hydrogens is 268 g/mol. The summed E-state index contributed by atoms with van der Waals surface area (Å²) in [5, 5.41) is 2.36. The van der Waals surface area contributed by atoms with E-state index in [-0.39, 0.29) is 5.92 Å². The topological polar surface area (TPSA) is 55.4 Å². The number of methoxy groups -OCH3 is 1. The van der Waals surface area contributed by atoms with Gasteiger partial charge in [0.05, 0.1) is 12.7 Å². The molecule has 0 unspecified atom stereocenters. The van der Waals surface area contributed by atoms with E-state index in [4.69, 9.17) is 0 Å². The van der Waals surface area contributed by atoms with Crippen LogP contribution >= 0.6 is 0 Å². The Morgan fingerprint density at radius 3 is 2.50 bits per heavy atom. The Kier molecular flexibility index (Phi) is 5.61. The Morgan fingerprint density at radius 2 is 1.95 bits per heavy atom. The molecule has 6 heteroatoms. The van der Waals surface area contributed by atoms with Crippen molar-refractivity contribution in [3.63, 3.8) is 0 Å². The number of ether oxygens (including phenoxy) is 1. The summed E-state index contributed by atoms with van der Waals surface area (Å²) in [5.74, 6) is -3.70. The van der Waals surface area contributed by atoms with Crippen molar-refractivity contribution in [1.29, 1.82) is 0 Å². The van der Waals surface area contributed by atoms with Gasteiger partial charge in [-0.25, -0.2) is 13.6 Å². The minimum Gasteiger partial charge on any atom is -0.467 e. The van der Waals surface area contributed by atoms with Gasteiger partial charge >= 0.3 is 5.97 Å². The number of amides is 1. The Hall–Kier alpha value is -1.98. The first-order chi connectivity index (χ1) is 9.36. The number of esters is 1. The third-order valence-corrected chi connectivity index (χ3v) is 2.69. The first-order valence-corrected chi connectivity index (χ1v) is 6.19. The van der Waals surface area contributed by atoms with E-state index >= 15 is 0 Å². The molecule has 0 fully saturated rings. The second kappa shape index (κ2) is 6.98. The molecule has 0 saturated heterocycles. The van der Waals surface area contributed by atoms with Crippen LogP contribution in [0.1, 0.15) is 30.6 Å². The largest absolute Gasteiger partial charge is 0.467 e. The highest BCUT2D eigenvalue weighted by Crippen LogP contribution is 2.13. The van der Waals surface area contributed by atoms with Gasteiger partial charge in [-0.05, 0) is 24.5 Å². The van der Waals surface area contributed by atoms with Crippen molar-refractivity contribution in [2.45, 2.75) is 26.3 Å². The van der Waals surface area contributed by atoms with Crippen molar-refractivity contribution < 1.29 is 23.1 Å². The van der Waals surface area contributed by atoms with Crippen molar-refractivity contribution in [2.75, 3.05) is 7.11 Å². The molecule has 1 N–H and O–H groups in total. The van der Waals surface area contributed by atoms with Gasteiger partial charge in [0.2, 0.25) is 0 Å². The molecule has 0 saturated carbocycles. The Balaban J connectivity index is 2.90. The highest BCUT2D eigenvalue weighted by Gasteiger charge is 2.25. The molecule has 1 amide bonds. The number of carbonyl (C=O) groups excluding carboxylic acids is 2. The average molecular weight is 285 g/mol. The molecule has 1 aromatic carbocycles. The van der Waals surface area contributed by atoms with Gasteiger partial charge in [0.15, 0.2) is 11.6 Å². The average Bonchev–Trinajstić information content (AvgIpc) is 2.39. The fraction of sp³-hybridized carbons (Fsp3) is 0.429. The molecule has 4 nitrogen and oxygen atoms in total. The van der Waals surface area contributed by atoms with Crippen molar-refractivity contribution in [2.24, 2.45) is 5.92 Å². The maximum absolute atomic E-state index is 13.5. The molecule has 0 radical (unpaired) electrons. The Bertz CT molecular complexity index is 503. The molecule has 20 heavy (non-hydrogen) atoms. The Morgan fingerprint density at radius 1 is 1.30 bits per heavy atom. The van der Waals surface area contributed by atoms with Crippen LogP contribution in [0, 0.1) is 17.6 Å². The minimum absolute atomic E-state index is 0.122. The zero-order valence-electron chi connectivity index (χ0n) is 11.6. The van der Waals surface area contributed by atoms with Gasteiger partial charge < -0.3 is 10.1 Å². The molecular formula is C14H17F2NO3. The maximum atomic E-state index is 13.5. The summed E-state index contributed by atoms with van der Waals surface area (Å²) in [6, 6.07) is 2.40. The molecule has 1 atom stereocenters. The van der Waals surface area contributed by atoms with Gasteiger partial charge in [-0.2, -0.15) is 0 Å². The smallest absolute Gasteiger partial charge is 0.328 e. The zero-order chi connectivity index (χ0) is 15.3. The first kappa shape index (κ1) is 16.1. The quantitative estimate of drug-likeness (QED) is 0.844. The van der Waals surface area contributed by atoms with Gasteiger partial charge in [0, 0.05) is 0 Å². The van der Waals surface area contributed by atoms with Gasteiger partial charge in [-0.15, -0.1) is 0 Å². The second-order valence-electron chi connectivity index (χ2n) is 4.78. The molecule has 1 rings (SSSR count). The molecule has 110 valence electrons. The van der Waals surface area contributed by atoms with Crippen LogP contribution in [-0.2, 0) is 9.53 Å². The van der Waals surface area contributed by atoms with E-state index in [1.807, 2.05) is 13.8 Å². The molecule has 0 aliphatic heterocycles. The summed E-state index contributed by atoms with van der Waals surface area (Å²) >= 11 is 0. The van der Waals surface area contributed by atoms with Crippen molar-refractivity contribution >= 4 is 11.9 Å². The highest BCUT2D eigenvalue weighted by atomic mass is 19.2. The molecule has 1 aromatic rings. The molecule has 0 aliphatic rings. The van der Waals surface area contributed by atoms with E-state index in [9.17, 15) is 18.4 Å². The van der Waals surface area contributed by atoms with Gasteiger partial charge in [-0.3, -0.25) is 4.79 Å². The number of rotatable bonds is 5. The Labute approximate surface area is 116 Å². The summed E-state index contributed by atoms with van der Waals surface area (Å²) in [4.78, 5) is 23.5. The van der Waals surface area contributed by atoms with Crippen LogP contribution in [0.4, 0.5) is 8.78 Å². The fourth-order valence-electron chi connectivity index (χ4n) is 1.74. The third kappa shape index (κ3) is 4.01. The number of halogens is 2. The van der Waals surface area contributed by atoms with Crippen LogP contribution in [0.5, 0.6) is 0 Å². The van der Waals surface area contributed by atoms with Crippen LogP contribution in [-0.4, -0.2) is 25.0 Å². The molecule has 0 heterocycles. The number of hydrogen-bond acceptors (Lipinski definition) is 3. The zero-order valence-corrected chi connectivity index (χ0v) is 11.6. The van der Waals surface area contributed by atoms with Gasteiger partial charge in [0.25, 0.3) is 5.91 Å². The lowest BCUT2D eigenvalue weighted by molar-refractivity contribution is -0.143.